The van der Waals surface area contributed by atoms with Crippen molar-refractivity contribution in [3.8, 4) is 6.07 Å². The Labute approximate surface area is 104 Å². The number of amides is 1. The summed E-state index contributed by atoms with van der Waals surface area (Å²) < 4.78 is 5.21. The second-order valence-electron chi connectivity index (χ2n) is 6.26. The Hall–Kier alpha value is -1.24. The first-order chi connectivity index (χ1) is 7.56. The Bertz CT molecular complexity index is 292. The molecular weight excluding hydrogens is 216 g/mol. The Balaban J connectivity index is 4.45. The fraction of sp³-hybridized carbons (Fsp3) is 0.846. The summed E-state index contributed by atoms with van der Waals surface area (Å²) in [6.45, 7) is 11.6. The third-order valence-corrected chi connectivity index (χ3v) is 2.28. The first kappa shape index (κ1) is 15.8. The van der Waals surface area contributed by atoms with Crippen LogP contribution in [0.25, 0.3) is 0 Å². The minimum Gasteiger partial charge on any atom is -0.444 e. The van der Waals surface area contributed by atoms with Gasteiger partial charge in [0.25, 0.3) is 0 Å². The molecule has 98 valence electrons. The van der Waals surface area contributed by atoms with E-state index in [1.165, 1.54) is 0 Å². The molecule has 0 fully saturated rings. The first-order valence-corrected chi connectivity index (χ1v) is 5.93. The number of hydrogen-bond acceptors (Lipinski definition) is 3. The van der Waals surface area contributed by atoms with Crippen LogP contribution in [0.1, 0.15) is 54.4 Å². The van der Waals surface area contributed by atoms with Crippen molar-refractivity contribution >= 4 is 6.09 Å². The first-order valence-electron chi connectivity index (χ1n) is 5.93. The zero-order chi connectivity index (χ0) is 13.7. The lowest BCUT2D eigenvalue weighted by molar-refractivity contribution is 0.0460. The molecule has 1 amide bonds. The van der Waals surface area contributed by atoms with Gasteiger partial charge in [0, 0.05) is 12.5 Å². The summed E-state index contributed by atoms with van der Waals surface area (Å²) in [4.78, 5) is 11.7. The second-order valence-corrected chi connectivity index (χ2v) is 6.26. The van der Waals surface area contributed by atoms with E-state index in [2.05, 4.69) is 11.4 Å². The molecule has 0 bridgehead atoms. The molecule has 17 heavy (non-hydrogen) atoms. The van der Waals surface area contributed by atoms with E-state index in [0.717, 1.165) is 0 Å². The fourth-order valence-electron chi connectivity index (χ4n) is 1.38. The van der Waals surface area contributed by atoms with E-state index >= 15 is 0 Å². The van der Waals surface area contributed by atoms with E-state index in [1.807, 2.05) is 41.5 Å². The Kier molecular flexibility index (Phi) is 5.47. The molecule has 1 atom stereocenters. The van der Waals surface area contributed by atoms with Crippen molar-refractivity contribution in [2.75, 3.05) is 0 Å². The summed E-state index contributed by atoms with van der Waals surface area (Å²) in [6.07, 6.45) is 0.645. The normalized spacial score (nSPS) is 13.7. The van der Waals surface area contributed by atoms with Gasteiger partial charge in [-0.2, -0.15) is 5.26 Å². The van der Waals surface area contributed by atoms with Crippen LogP contribution in [-0.2, 0) is 4.74 Å². The third-order valence-electron chi connectivity index (χ3n) is 2.28. The molecule has 0 saturated carbocycles. The Morgan fingerprint density at radius 3 is 2.18 bits per heavy atom. The van der Waals surface area contributed by atoms with Crippen molar-refractivity contribution in [3.05, 3.63) is 0 Å². The maximum Gasteiger partial charge on any atom is 0.407 e. The van der Waals surface area contributed by atoms with Crippen LogP contribution in [0, 0.1) is 16.7 Å². The molecule has 1 unspecified atom stereocenters. The molecule has 0 rings (SSSR count). The number of nitrogens with zero attached hydrogens (tertiary/aromatic N) is 1. The predicted molar refractivity (Wildman–Crippen MR) is 67.5 cm³/mol. The number of rotatable bonds is 3. The highest BCUT2D eigenvalue weighted by molar-refractivity contribution is 5.68. The smallest absolute Gasteiger partial charge is 0.407 e. The lowest BCUT2D eigenvalue weighted by Crippen LogP contribution is -2.45. The van der Waals surface area contributed by atoms with Crippen molar-refractivity contribution in [2.45, 2.75) is 66.0 Å². The van der Waals surface area contributed by atoms with E-state index in [1.54, 1.807) is 0 Å². The van der Waals surface area contributed by atoms with Crippen LogP contribution in [0.5, 0.6) is 0 Å². The number of nitrogens with one attached hydrogen (secondary N) is 1. The zero-order valence-electron chi connectivity index (χ0n) is 11.8. The molecule has 0 aromatic carbocycles. The average Bonchev–Trinajstić information content (AvgIpc) is 2.07. The van der Waals surface area contributed by atoms with Gasteiger partial charge in [0.1, 0.15) is 5.60 Å². The molecule has 0 radical (unpaired) electrons. The topological polar surface area (TPSA) is 62.1 Å². The van der Waals surface area contributed by atoms with E-state index < -0.39 is 11.7 Å². The summed E-state index contributed by atoms with van der Waals surface area (Å²) in [5.41, 5.74) is -0.588. The van der Waals surface area contributed by atoms with Crippen molar-refractivity contribution < 1.29 is 9.53 Å². The zero-order valence-corrected chi connectivity index (χ0v) is 11.8. The summed E-state index contributed by atoms with van der Waals surface area (Å²) in [5.74, 6) is 0. The predicted octanol–water partition coefficient (Wildman–Crippen LogP) is 3.23. The molecule has 0 heterocycles. The van der Waals surface area contributed by atoms with Crippen LogP contribution < -0.4 is 5.32 Å². The summed E-state index contributed by atoms with van der Waals surface area (Å²) in [6, 6.07) is 2.04. The molecular formula is C13H24N2O2. The number of carbonyl (C=O) groups excluding carboxylic acids is 1. The highest BCUT2D eigenvalue weighted by atomic mass is 16.6. The van der Waals surface area contributed by atoms with Crippen molar-refractivity contribution in [3.63, 3.8) is 0 Å². The minimum atomic E-state index is -0.498. The van der Waals surface area contributed by atoms with Crippen molar-refractivity contribution in [2.24, 2.45) is 5.41 Å². The van der Waals surface area contributed by atoms with E-state index in [0.29, 0.717) is 12.8 Å². The quantitative estimate of drug-likeness (QED) is 0.823. The van der Waals surface area contributed by atoms with Gasteiger partial charge >= 0.3 is 6.09 Å². The number of alkyl carbamates (subject to hydrolysis) is 1. The maximum absolute atomic E-state index is 11.7. The SMILES string of the molecule is CC(C)(C)OC(=O)NC(CCC#N)C(C)(C)C. The lowest BCUT2D eigenvalue weighted by Gasteiger charge is -2.32. The van der Waals surface area contributed by atoms with E-state index in [9.17, 15) is 4.79 Å². The highest BCUT2D eigenvalue weighted by Crippen LogP contribution is 2.23. The van der Waals surface area contributed by atoms with E-state index in [-0.39, 0.29) is 11.5 Å². The molecule has 1 N–H and O–H groups in total. The standard InChI is InChI=1S/C13H24N2O2/c1-12(2,3)10(8-7-9-14)15-11(16)17-13(4,5)6/h10H,7-8H2,1-6H3,(H,15,16). The summed E-state index contributed by atoms with van der Waals surface area (Å²) in [7, 11) is 0. The van der Waals surface area contributed by atoms with E-state index in [4.69, 9.17) is 10.00 Å². The van der Waals surface area contributed by atoms with Crippen LogP contribution >= 0.6 is 0 Å². The summed E-state index contributed by atoms with van der Waals surface area (Å²) >= 11 is 0. The van der Waals surface area contributed by atoms with Gasteiger partial charge < -0.3 is 10.1 Å². The number of hydrogen-bond donors (Lipinski definition) is 1. The van der Waals surface area contributed by atoms with Gasteiger partial charge in [-0.3, -0.25) is 0 Å². The molecule has 4 nitrogen and oxygen atoms in total. The van der Waals surface area contributed by atoms with Gasteiger partial charge in [-0.05, 0) is 32.6 Å². The van der Waals surface area contributed by atoms with Gasteiger partial charge in [0.15, 0.2) is 0 Å². The molecule has 0 aromatic rings. The van der Waals surface area contributed by atoms with Crippen molar-refractivity contribution in [1.82, 2.24) is 5.32 Å². The lowest BCUT2D eigenvalue weighted by atomic mass is 9.84. The van der Waals surface area contributed by atoms with Crippen LogP contribution in [0.3, 0.4) is 0 Å². The Morgan fingerprint density at radius 1 is 1.29 bits per heavy atom. The third kappa shape index (κ3) is 7.62. The van der Waals surface area contributed by atoms with Crippen LogP contribution in [0.15, 0.2) is 0 Å². The fourth-order valence-corrected chi connectivity index (χ4v) is 1.38. The number of carbonyl (C=O) groups is 1. The van der Waals surface area contributed by atoms with Crippen LogP contribution in [0.4, 0.5) is 4.79 Å². The molecule has 0 saturated heterocycles. The number of ether oxygens (including phenoxy) is 1. The molecule has 0 aliphatic carbocycles. The largest absolute Gasteiger partial charge is 0.444 e. The van der Waals surface area contributed by atoms with Gasteiger partial charge in [-0.25, -0.2) is 4.79 Å². The van der Waals surface area contributed by atoms with Gasteiger partial charge in [-0.1, -0.05) is 20.8 Å². The van der Waals surface area contributed by atoms with Crippen LogP contribution in [-0.4, -0.2) is 17.7 Å². The average molecular weight is 240 g/mol. The monoisotopic (exact) mass is 240 g/mol. The molecule has 4 heteroatoms. The molecule has 0 aromatic heterocycles. The highest BCUT2D eigenvalue weighted by Gasteiger charge is 2.27. The molecule has 0 spiro atoms. The number of nitriles is 1. The van der Waals surface area contributed by atoms with Crippen LogP contribution in [0.2, 0.25) is 0 Å². The van der Waals surface area contributed by atoms with Gasteiger partial charge in [0.05, 0.1) is 6.07 Å². The molecule has 0 aliphatic rings. The maximum atomic E-state index is 11.7. The molecule has 0 aliphatic heterocycles. The van der Waals surface area contributed by atoms with Gasteiger partial charge in [-0.15, -0.1) is 0 Å². The second kappa shape index (κ2) is 5.90. The minimum absolute atomic E-state index is 0.0583. The summed E-state index contributed by atoms with van der Waals surface area (Å²) in [5, 5.41) is 11.4. The Morgan fingerprint density at radius 2 is 1.82 bits per heavy atom. The van der Waals surface area contributed by atoms with Crippen molar-refractivity contribution in [1.29, 1.82) is 5.26 Å². The van der Waals surface area contributed by atoms with Gasteiger partial charge in [0.2, 0.25) is 0 Å².